The van der Waals surface area contributed by atoms with Crippen molar-refractivity contribution in [1.29, 1.82) is 0 Å². The molecule has 7 nitrogen and oxygen atoms in total. The summed E-state index contributed by atoms with van der Waals surface area (Å²) in [7, 11) is 1.54. The van der Waals surface area contributed by atoms with Gasteiger partial charge in [0.25, 0.3) is 5.91 Å². The number of methoxy groups -OCH3 is 1. The van der Waals surface area contributed by atoms with Crippen molar-refractivity contribution in [3.63, 3.8) is 0 Å². The second-order valence-corrected chi connectivity index (χ2v) is 3.26. The smallest absolute Gasteiger partial charge is 0.277 e. The van der Waals surface area contributed by atoms with Gasteiger partial charge in [0.15, 0.2) is 5.69 Å². The van der Waals surface area contributed by atoms with Gasteiger partial charge in [0.05, 0.1) is 24.7 Å². The first kappa shape index (κ1) is 10.9. The summed E-state index contributed by atoms with van der Waals surface area (Å²) < 4.78 is 5.04. The van der Waals surface area contributed by atoms with E-state index in [1.54, 1.807) is 18.2 Å². The SMILES string of the molecule is COc1ccc(N)c(NC(=O)c2cn[nH]n2)c1. The fourth-order valence-corrected chi connectivity index (χ4v) is 1.27. The summed E-state index contributed by atoms with van der Waals surface area (Å²) in [5.41, 5.74) is 6.84. The Morgan fingerprint density at radius 1 is 1.53 bits per heavy atom. The number of nitrogens with one attached hydrogen (secondary N) is 2. The molecule has 0 aliphatic rings. The molecule has 1 heterocycles. The lowest BCUT2D eigenvalue weighted by Gasteiger charge is -2.08. The van der Waals surface area contributed by atoms with Crippen molar-refractivity contribution >= 4 is 17.3 Å². The monoisotopic (exact) mass is 233 g/mol. The third kappa shape index (κ3) is 2.33. The molecule has 0 fully saturated rings. The number of nitrogen functional groups attached to an aromatic ring is 1. The van der Waals surface area contributed by atoms with Gasteiger partial charge in [0, 0.05) is 6.07 Å². The highest BCUT2D eigenvalue weighted by Crippen LogP contribution is 2.24. The minimum Gasteiger partial charge on any atom is -0.497 e. The Hall–Kier alpha value is -2.57. The molecule has 4 N–H and O–H groups in total. The third-order valence-electron chi connectivity index (χ3n) is 2.16. The lowest BCUT2D eigenvalue weighted by atomic mass is 10.2. The van der Waals surface area contributed by atoms with Gasteiger partial charge in [0.1, 0.15) is 5.75 Å². The molecule has 17 heavy (non-hydrogen) atoms. The number of anilines is 2. The quantitative estimate of drug-likeness (QED) is 0.675. The van der Waals surface area contributed by atoms with E-state index in [0.29, 0.717) is 17.1 Å². The number of benzene rings is 1. The first-order chi connectivity index (χ1) is 8.20. The molecule has 0 unspecified atom stereocenters. The highest BCUT2D eigenvalue weighted by Gasteiger charge is 2.11. The van der Waals surface area contributed by atoms with Crippen molar-refractivity contribution in [1.82, 2.24) is 15.4 Å². The summed E-state index contributed by atoms with van der Waals surface area (Å²) in [6.07, 6.45) is 1.33. The topological polar surface area (TPSA) is 106 Å². The molecule has 1 aromatic carbocycles. The number of hydrogen-bond acceptors (Lipinski definition) is 5. The zero-order valence-electron chi connectivity index (χ0n) is 9.10. The van der Waals surface area contributed by atoms with E-state index in [0.717, 1.165) is 0 Å². The standard InChI is InChI=1S/C10H11N5O2/c1-17-6-2-3-7(11)8(4-6)13-10(16)9-5-12-15-14-9/h2-5H,11H2,1H3,(H,13,16)(H,12,14,15). The van der Waals surface area contributed by atoms with Crippen molar-refractivity contribution in [3.8, 4) is 5.75 Å². The van der Waals surface area contributed by atoms with Crippen LogP contribution in [0.4, 0.5) is 11.4 Å². The normalized spacial score (nSPS) is 9.94. The van der Waals surface area contributed by atoms with Crippen LogP contribution in [0.1, 0.15) is 10.5 Å². The second-order valence-electron chi connectivity index (χ2n) is 3.26. The molecule has 0 aliphatic carbocycles. The maximum atomic E-state index is 11.7. The molecule has 0 saturated carbocycles. The van der Waals surface area contributed by atoms with Gasteiger partial charge < -0.3 is 15.8 Å². The number of rotatable bonds is 3. The van der Waals surface area contributed by atoms with E-state index < -0.39 is 5.91 Å². The van der Waals surface area contributed by atoms with Crippen LogP contribution in [-0.2, 0) is 0 Å². The lowest BCUT2D eigenvalue weighted by Crippen LogP contribution is -2.13. The largest absolute Gasteiger partial charge is 0.497 e. The number of amides is 1. The Morgan fingerprint density at radius 2 is 2.35 bits per heavy atom. The van der Waals surface area contributed by atoms with Gasteiger partial charge in [-0.15, -0.1) is 0 Å². The van der Waals surface area contributed by atoms with Crippen molar-refractivity contribution in [2.45, 2.75) is 0 Å². The highest BCUT2D eigenvalue weighted by atomic mass is 16.5. The first-order valence-electron chi connectivity index (χ1n) is 4.81. The molecule has 1 amide bonds. The number of carbonyl (C=O) groups excluding carboxylic acids is 1. The predicted octanol–water partition coefficient (Wildman–Crippen LogP) is 0.648. The van der Waals surface area contributed by atoms with Gasteiger partial charge in [0.2, 0.25) is 0 Å². The van der Waals surface area contributed by atoms with Gasteiger partial charge in [-0.2, -0.15) is 15.4 Å². The molecule has 88 valence electrons. The maximum absolute atomic E-state index is 11.7. The van der Waals surface area contributed by atoms with Crippen LogP contribution >= 0.6 is 0 Å². The zero-order chi connectivity index (χ0) is 12.3. The van der Waals surface area contributed by atoms with Gasteiger partial charge in [-0.3, -0.25) is 4.79 Å². The second kappa shape index (κ2) is 4.52. The fourth-order valence-electron chi connectivity index (χ4n) is 1.27. The molecule has 1 aromatic heterocycles. The molecule has 0 atom stereocenters. The van der Waals surface area contributed by atoms with Gasteiger partial charge in [-0.1, -0.05) is 0 Å². The number of ether oxygens (including phenoxy) is 1. The minimum absolute atomic E-state index is 0.187. The lowest BCUT2D eigenvalue weighted by molar-refractivity contribution is 0.102. The molecule has 0 aliphatic heterocycles. The van der Waals surface area contributed by atoms with E-state index in [2.05, 4.69) is 20.7 Å². The number of nitrogens with zero attached hydrogens (tertiary/aromatic N) is 2. The summed E-state index contributed by atoms with van der Waals surface area (Å²) in [4.78, 5) is 11.7. The van der Waals surface area contributed by atoms with Crippen LogP contribution < -0.4 is 15.8 Å². The summed E-state index contributed by atoms with van der Waals surface area (Å²) in [5.74, 6) is 0.216. The highest BCUT2D eigenvalue weighted by molar-refractivity contribution is 6.04. The molecular formula is C10H11N5O2. The fraction of sp³-hybridized carbons (Fsp3) is 0.100. The van der Waals surface area contributed by atoms with Crippen LogP contribution in [0.2, 0.25) is 0 Å². The summed E-state index contributed by atoms with van der Waals surface area (Å²) in [6, 6.07) is 4.99. The van der Waals surface area contributed by atoms with Crippen molar-refractivity contribution in [2.24, 2.45) is 0 Å². The molecule has 0 bridgehead atoms. The van der Waals surface area contributed by atoms with Crippen LogP contribution in [0.15, 0.2) is 24.4 Å². The Balaban J connectivity index is 2.21. The Morgan fingerprint density at radius 3 is 3.00 bits per heavy atom. The molecule has 0 saturated heterocycles. The van der Waals surface area contributed by atoms with Crippen LogP contribution in [0.3, 0.4) is 0 Å². The molecule has 2 rings (SSSR count). The van der Waals surface area contributed by atoms with Gasteiger partial charge in [-0.05, 0) is 12.1 Å². The number of nitrogens with two attached hydrogens (primary N) is 1. The van der Waals surface area contributed by atoms with Crippen LogP contribution in [0, 0.1) is 0 Å². The third-order valence-corrected chi connectivity index (χ3v) is 2.16. The molecular weight excluding hydrogens is 222 g/mol. The van der Waals surface area contributed by atoms with Crippen LogP contribution in [-0.4, -0.2) is 28.4 Å². The number of aromatic amines is 1. The molecule has 7 heteroatoms. The zero-order valence-corrected chi connectivity index (χ0v) is 9.10. The van der Waals surface area contributed by atoms with Crippen molar-refractivity contribution in [3.05, 3.63) is 30.1 Å². The van der Waals surface area contributed by atoms with Crippen LogP contribution in [0.25, 0.3) is 0 Å². The van der Waals surface area contributed by atoms with E-state index in [9.17, 15) is 4.79 Å². The first-order valence-corrected chi connectivity index (χ1v) is 4.81. The Labute approximate surface area is 97.0 Å². The molecule has 0 spiro atoms. The number of aromatic nitrogens is 3. The summed E-state index contributed by atoms with van der Waals surface area (Å²) in [5, 5.41) is 12.2. The molecule has 2 aromatic rings. The average molecular weight is 233 g/mol. The number of hydrogen-bond donors (Lipinski definition) is 3. The minimum atomic E-state index is -0.390. The predicted molar refractivity (Wildman–Crippen MR) is 61.7 cm³/mol. The van der Waals surface area contributed by atoms with E-state index >= 15 is 0 Å². The maximum Gasteiger partial charge on any atom is 0.277 e. The Kier molecular flexibility index (Phi) is 2.91. The van der Waals surface area contributed by atoms with Crippen molar-refractivity contribution < 1.29 is 9.53 Å². The van der Waals surface area contributed by atoms with Crippen LogP contribution in [0.5, 0.6) is 5.75 Å². The van der Waals surface area contributed by atoms with Gasteiger partial charge >= 0.3 is 0 Å². The summed E-state index contributed by atoms with van der Waals surface area (Å²) >= 11 is 0. The molecule has 0 radical (unpaired) electrons. The van der Waals surface area contributed by atoms with E-state index in [1.165, 1.54) is 13.3 Å². The van der Waals surface area contributed by atoms with Crippen molar-refractivity contribution in [2.75, 3.05) is 18.2 Å². The van der Waals surface area contributed by atoms with E-state index in [1.807, 2.05) is 0 Å². The number of carbonyl (C=O) groups is 1. The van der Waals surface area contributed by atoms with Gasteiger partial charge in [-0.25, -0.2) is 0 Å². The van der Waals surface area contributed by atoms with E-state index in [-0.39, 0.29) is 5.69 Å². The average Bonchev–Trinajstić information content (AvgIpc) is 2.85. The Bertz CT molecular complexity index is 523. The summed E-state index contributed by atoms with van der Waals surface area (Å²) in [6.45, 7) is 0. The number of H-pyrrole nitrogens is 1. The van der Waals surface area contributed by atoms with E-state index in [4.69, 9.17) is 10.5 Å².